The number of benzene rings is 3. The summed E-state index contributed by atoms with van der Waals surface area (Å²) in [6.45, 7) is 17.5. The van der Waals surface area contributed by atoms with Crippen molar-refractivity contribution in [2.45, 2.75) is 56.8 Å². The highest BCUT2D eigenvalue weighted by molar-refractivity contribution is 5.81. The Morgan fingerprint density at radius 2 is 1.32 bits per heavy atom. The lowest BCUT2D eigenvalue weighted by Gasteiger charge is -2.31. The number of allylic oxidation sites excluding steroid dienone is 4. The van der Waals surface area contributed by atoms with Crippen LogP contribution in [-0.2, 0) is 16.2 Å². The zero-order valence-electron chi connectivity index (χ0n) is 23.1. The largest absolute Gasteiger partial charge is 0.496 e. The maximum absolute atomic E-state index is 6.02. The maximum atomic E-state index is 6.02. The molecule has 2 aliphatic carbocycles. The van der Waals surface area contributed by atoms with Crippen LogP contribution in [0.15, 0.2) is 86.0 Å². The van der Waals surface area contributed by atoms with Crippen LogP contribution >= 0.6 is 0 Å². The van der Waals surface area contributed by atoms with Crippen LogP contribution in [0.25, 0.3) is 16.7 Å². The molecule has 0 saturated carbocycles. The van der Waals surface area contributed by atoms with Gasteiger partial charge in [0, 0.05) is 16.5 Å². The third kappa shape index (κ3) is 3.77. The first kappa shape index (κ1) is 25.1. The average molecular weight is 491 g/mol. The summed E-state index contributed by atoms with van der Waals surface area (Å²) in [5.41, 5.74) is 9.90. The van der Waals surface area contributed by atoms with Crippen LogP contribution in [0.1, 0.15) is 68.4 Å². The predicted octanol–water partition coefficient (Wildman–Crippen LogP) is 8.77. The molecule has 0 heterocycles. The third-order valence-corrected chi connectivity index (χ3v) is 8.57. The molecular weight excluding hydrogens is 452 g/mol. The fraction of sp³-hybridized carbons (Fsp3) is 0.314. The van der Waals surface area contributed by atoms with E-state index < -0.39 is 0 Å². The van der Waals surface area contributed by atoms with Crippen LogP contribution in [0.5, 0.6) is 11.5 Å². The Labute approximate surface area is 222 Å². The van der Waals surface area contributed by atoms with E-state index in [4.69, 9.17) is 9.47 Å². The summed E-state index contributed by atoms with van der Waals surface area (Å²) in [5.74, 6) is 1.81. The Hall–Kier alpha value is -3.52. The Morgan fingerprint density at radius 3 is 1.86 bits per heavy atom. The zero-order valence-corrected chi connectivity index (χ0v) is 23.1. The van der Waals surface area contributed by atoms with Crippen molar-refractivity contribution in [1.29, 1.82) is 0 Å². The quantitative estimate of drug-likeness (QED) is 0.322. The van der Waals surface area contributed by atoms with Crippen LogP contribution in [0.3, 0.4) is 0 Å². The van der Waals surface area contributed by atoms with Crippen LogP contribution in [0.2, 0.25) is 0 Å². The summed E-state index contributed by atoms with van der Waals surface area (Å²) >= 11 is 0. The van der Waals surface area contributed by atoms with Crippen molar-refractivity contribution in [2.24, 2.45) is 0 Å². The maximum Gasteiger partial charge on any atom is 0.127 e. The van der Waals surface area contributed by atoms with Gasteiger partial charge in [0.1, 0.15) is 11.5 Å². The van der Waals surface area contributed by atoms with E-state index in [0.717, 1.165) is 41.0 Å². The normalized spacial score (nSPS) is 20.9. The number of methoxy groups -OCH3 is 2. The smallest absolute Gasteiger partial charge is 0.127 e. The minimum absolute atomic E-state index is 0.000158. The standard InChI is InChI=1S/C35H38O2/c1-9-14-23(10-2)25-17-27-29(19-31(25)36-7)35(21-33(27,3)4)22-34(5,6)28-18-26(24-15-12-11-13-16-24)32(37-8)20-30(28)35/h9-20H,1-2,21-22H2,3-8H3/b23-14+. The minimum atomic E-state index is -0.109. The highest BCUT2D eigenvalue weighted by Crippen LogP contribution is 2.64. The third-order valence-electron chi connectivity index (χ3n) is 8.57. The molecule has 0 bridgehead atoms. The van der Waals surface area contributed by atoms with Crippen LogP contribution in [-0.4, -0.2) is 14.2 Å². The van der Waals surface area contributed by atoms with Gasteiger partial charge in [-0.1, -0.05) is 89.4 Å². The molecule has 0 aliphatic heterocycles. The second-order valence-electron chi connectivity index (χ2n) is 11.8. The number of hydrogen-bond donors (Lipinski definition) is 0. The first-order chi connectivity index (χ1) is 17.6. The summed E-state index contributed by atoms with van der Waals surface area (Å²) < 4.78 is 12.0. The molecule has 2 nitrogen and oxygen atoms in total. The number of hydrogen-bond acceptors (Lipinski definition) is 2. The molecule has 2 aliphatic rings. The van der Waals surface area contributed by atoms with Crippen molar-refractivity contribution in [3.05, 3.63) is 114 Å². The molecule has 0 amide bonds. The SMILES string of the molecule is C=C/C=C(\C=C)c1cc2c(cc1OC)C1(CC2(C)C)CC(C)(C)c2cc(-c3ccccc3)c(OC)cc21. The van der Waals surface area contributed by atoms with E-state index in [1.54, 1.807) is 14.2 Å². The molecule has 0 aromatic heterocycles. The average Bonchev–Trinajstić information content (AvgIpc) is 3.25. The molecule has 37 heavy (non-hydrogen) atoms. The monoisotopic (exact) mass is 490 g/mol. The first-order valence-electron chi connectivity index (χ1n) is 13.1. The number of rotatable bonds is 6. The predicted molar refractivity (Wildman–Crippen MR) is 156 cm³/mol. The van der Waals surface area contributed by atoms with Gasteiger partial charge in [-0.25, -0.2) is 0 Å². The number of ether oxygens (including phenoxy) is 2. The van der Waals surface area contributed by atoms with Gasteiger partial charge in [0.2, 0.25) is 0 Å². The van der Waals surface area contributed by atoms with E-state index >= 15 is 0 Å². The van der Waals surface area contributed by atoms with Gasteiger partial charge < -0.3 is 9.47 Å². The molecule has 5 rings (SSSR count). The lowest BCUT2D eigenvalue weighted by molar-refractivity contribution is 0.348. The molecule has 3 aromatic rings. The van der Waals surface area contributed by atoms with E-state index in [1.165, 1.54) is 27.8 Å². The second-order valence-corrected chi connectivity index (χ2v) is 11.8. The van der Waals surface area contributed by atoms with Gasteiger partial charge in [-0.3, -0.25) is 0 Å². The van der Waals surface area contributed by atoms with Gasteiger partial charge in [-0.15, -0.1) is 0 Å². The van der Waals surface area contributed by atoms with Gasteiger partial charge >= 0.3 is 0 Å². The van der Waals surface area contributed by atoms with Crippen LogP contribution in [0.4, 0.5) is 0 Å². The second kappa shape index (κ2) is 8.80. The topological polar surface area (TPSA) is 18.5 Å². The Bertz CT molecular complexity index is 1420. The molecule has 0 saturated heterocycles. The van der Waals surface area contributed by atoms with E-state index in [1.807, 2.05) is 18.2 Å². The van der Waals surface area contributed by atoms with Gasteiger partial charge in [-0.05, 0) is 81.3 Å². The Morgan fingerprint density at radius 1 is 0.757 bits per heavy atom. The van der Waals surface area contributed by atoms with E-state index in [9.17, 15) is 0 Å². The first-order valence-corrected chi connectivity index (χ1v) is 13.1. The van der Waals surface area contributed by atoms with Crippen LogP contribution < -0.4 is 9.47 Å². The van der Waals surface area contributed by atoms with E-state index in [-0.39, 0.29) is 16.2 Å². The summed E-state index contributed by atoms with van der Waals surface area (Å²) in [7, 11) is 3.54. The van der Waals surface area contributed by atoms with Crippen molar-refractivity contribution in [2.75, 3.05) is 14.2 Å². The molecule has 1 unspecified atom stereocenters. The van der Waals surface area contributed by atoms with Crippen LogP contribution in [0, 0.1) is 0 Å². The highest BCUT2D eigenvalue weighted by Gasteiger charge is 2.56. The summed E-state index contributed by atoms with van der Waals surface area (Å²) in [5, 5.41) is 0. The number of fused-ring (bicyclic) bond motifs is 4. The fourth-order valence-electron chi connectivity index (χ4n) is 7.16. The summed E-state index contributed by atoms with van der Waals surface area (Å²) in [4.78, 5) is 0. The summed E-state index contributed by atoms with van der Waals surface area (Å²) in [6, 6.07) is 19.9. The summed E-state index contributed by atoms with van der Waals surface area (Å²) in [6.07, 6.45) is 7.78. The molecule has 0 N–H and O–H groups in total. The van der Waals surface area contributed by atoms with Gasteiger partial charge in [-0.2, -0.15) is 0 Å². The van der Waals surface area contributed by atoms with Crippen molar-refractivity contribution in [1.82, 2.24) is 0 Å². The lowest BCUT2D eigenvalue weighted by atomic mass is 9.72. The molecule has 2 heteroatoms. The molecule has 0 radical (unpaired) electrons. The lowest BCUT2D eigenvalue weighted by Crippen LogP contribution is -2.27. The molecular formula is C35H38O2. The fourth-order valence-corrected chi connectivity index (χ4v) is 7.16. The molecule has 1 atom stereocenters. The molecule has 3 aromatic carbocycles. The van der Waals surface area contributed by atoms with Crippen molar-refractivity contribution < 1.29 is 9.47 Å². The molecule has 1 spiro atoms. The van der Waals surface area contributed by atoms with Gasteiger partial charge in [0.25, 0.3) is 0 Å². The van der Waals surface area contributed by atoms with E-state index in [0.29, 0.717) is 0 Å². The molecule has 190 valence electrons. The zero-order chi connectivity index (χ0) is 26.6. The van der Waals surface area contributed by atoms with Crippen molar-refractivity contribution in [3.63, 3.8) is 0 Å². The molecule has 0 fully saturated rings. The van der Waals surface area contributed by atoms with E-state index in [2.05, 4.69) is 95.5 Å². The Balaban J connectivity index is 1.79. The van der Waals surface area contributed by atoms with Gasteiger partial charge in [0.05, 0.1) is 14.2 Å². The minimum Gasteiger partial charge on any atom is -0.496 e. The van der Waals surface area contributed by atoms with Crippen molar-refractivity contribution in [3.8, 4) is 22.6 Å². The Kier molecular flexibility index (Phi) is 5.98. The highest BCUT2D eigenvalue weighted by atomic mass is 16.5. The van der Waals surface area contributed by atoms with Crippen molar-refractivity contribution >= 4 is 5.57 Å². The van der Waals surface area contributed by atoms with Gasteiger partial charge in [0.15, 0.2) is 0 Å².